The molecule has 0 bridgehead atoms. The van der Waals surface area contributed by atoms with Gasteiger partial charge in [0, 0.05) is 32.6 Å². The Bertz CT molecular complexity index is 261. The van der Waals surface area contributed by atoms with Crippen LogP contribution in [0.3, 0.4) is 0 Å². The van der Waals surface area contributed by atoms with Crippen LogP contribution >= 0.6 is 0 Å². The molecule has 1 rings (SSSR count). The van der Waals surface area contributed by atoms with E-state index < -0.39 is 0 Å². The van der Waals surface area contributed by atoms with E-state index in [9.17, 15) is 9.59 Å². The molecule has 0 saturated carbocycles. The lowest BCUT2D eigenvalue weighted by Crippen LogP contribution is -2.43. The fraction of sp³-hybridized carbons (Fsp3) is 0.846. The number of amides is 2. The molecule has 0 aliphatic carbocycles. The average Bonchev–Trinajstić information content (AvgIpc) is 2.47. The van der Waals surface area contributed by atoms with E-state index in [4.69, 9.17) is 0 Å². The Kier molecular flexibility index (Phi) is 8.16. The molecular formula is C13H26N2O3. The van der Waals surface area contributed by atoms with Gasteiger partial charge in [-0.3, -0.25) is 4.79 Å². The van der Waals surface area contributed by atoms with Crippen molar-refractivity contribution in [3.05, 3.63) is 0 Å². The Balaban J connectivity index is 0.00000137. The minimum atomic E-state index is -0.297. The molecule has 1 heterocycles. The lowest BCUT2D eigenvalue weighted by molar-refractivity contribution is -0.135. The van der Waals surface area contributed by atoms with Gasteiger partial charge in [-0.25, -0.2) is 4.79 Å². The molecule has 1 aliphatic heterocycles. The van der Waals surface area contributed by atoms with Crippen molar-refractivity contribution < 1.29 is 14.3 Å². The van der Waals surface area contributed by atoms with Crippen molar-refractivity contribution in [2.24, 2.45) is 5.92 Å². The monoisotopic (exact) mass is 258 g/mol. The summed E-state index contributed by atoms with van der Waals surface area (Å²) in [6.07, 6.45) is 1.17. The van der Waals surface area contributed by atoms with Crippen LogP contribution in [0, 0.1) is 5.92 Å². The van der Waals surface area contributed by atoms with Crippen LogP contribution < -0.4 is 0 Å². The smallest absolute Gasteiger partial charge is 0.409 e. The van der Waals surface area contributed by atoms with E-state index in [0.717, 1.165) is 19.4 Å². The zero-order valence-electron chi connectivity index (χ0n) is 12.2. The Morgan fingerprint density at radius 3 is 2.17 bits per heavy atom. The molecule has 0 aromatic heterocycles. The Morgan fingerprint density at radius 2 is 1.78 bits per heavy atom. The van der Waals surface area contributed by atoms with Gasteiger partial charge in [-0.15, -0.1) is 0 Å². The number of methoxy groups -OCH3 is 1. The molecule has 1 saturated heterocycles. The van der Waals surface area contributed by atoms with E-state index in [-0.39, 0.29) is 17.9 Å². The molecule has 106 valence electrons. The van der Waals surface area contributed by atoms with Gasteiger partial charge in [0.2, 0.25) is 5.91 Å². The second kappa shape index (κ2) is 8.78. The second-order valence-corrected chi connectivity index (χ2v) is 4.08. The van der Waals surface area contributed by atoms with Crippen molar-refractivity contribution in [3.63, 3.8) is 0 Å². The average molecular weight is 258 g/mol. The lowest BCUT2D eigenvalue weighted by atomic mass is 9.95. The normalized spacial score (nSPS) is 15.5. The number of ether oxygens (including phenoxy) is 1. The largest absolute Gasteiger partial charge is 0.453 e. The van der Waals surface area contributed by atoms with E-state index in [1.165, 1.54) is 7.11 Å². The molecule has 0 atom stereocenters. The van der Waals surface area contributed by atoms with Crippen molar-refractivity contribution in [1.29, 1.82) is 0 Å². The highest BCUT2D eigenvalue weighted by atomic mass is 16.5. The molecule has 0 radical (unpaired) electrons. The van der Waals surface area contributed by atoms with Crippen LogP contribution in [-0.4, -0.2) is 55.6 Å². The van der Waals surface area contributed by atoms with Gasteiger partial charge >= 0.3 is 6.09 Å². The molecule has 0 aromatic carbocycles. The first-order valence-corrected chi connectivity index (χ1v) is 6.68. The maximum Gasteiger partial charge on any atom is 0.409 e. The van der Waals surface area contributed by atoms with E-state index >= 15 is 0 Å². The van der Waals surface area contributed by atoms with Crippen LogP contribution in [0.4, 0.5) is 4.79 Å². The molecule has 0 aromatic rings. The third kappa shape index (κ3) is 4.55. The minimum Gasteiger partial charge on any atom is -0.453 e. The number of hydrogen-bond donors (Lipinski definition) is 0. The zero-order valence-corrected chi connectivity index (χ0v) is 12.2. The van der Waals surface area contributed by atoms with Gasteiger partial charge in [-0.2, -0.15) is 0 Å². The maximum absolute atomic E-state index is 11.9. The van der Waals surface area contributed by atoms with Crippen molar-refractivity contribution in [3.8, 4) is 0 Å². The third-order valence-corrected chi connectivity index (χ3v) is 3.13. The molecule has 0 spiro atoms. The van der Waals surface area contributed by atoms with E-state index in [1.807, 2.05) is 27.8 Å². The number of nitrogens with zero attached hydrogens (tertiary/aromatic N) is 2. The van der Waals surface area contributed by atoms with Gasteiger partial charge in [-0.1, -0.05) is 13.8 Å². The first kappa shape index (κ1) is 16.7. The van der Waals surface area contributed by atoms with E-state index in [2.05, 4.69) is 4.74 Å². The minimum absolute atomic E-state index is 0.0610. The van der Waals surface area contributed by atoms with Crippen LogP contribution in [0.25, 0.3) is 0 Å². The predicted molar refractivity (Wildman–Crippen MR) is 71.4 cm³/mol. The lowest BCUT2D eigenvalue weighted by Gasteiger charge is -2.32. The number of likely N-dealkylation sites (tertiary alicyclic amines) is 1. The molecule has 1 fully saturated rings. The van der Waals surface area contributed by atoms with E-state index in [1.54, 1.807) is 9.80 Å². The summed E-state index contributed by atoms with van der Waals surface area (Å²) in [5, 5.41) is 0. The van der Waals surface area contributed by atoms with Crippen LogP contribution in [0.5, 0.6) is 0 Å². The third-order valence-electron chi connectivity index (χ3n) is 3.13. The second-order valence-electron chi connectivity index (χ2n) is 4.08. The first-order chi connectivity index (χ1) is 8.60. The number of carbonyl (C=O) groups excluding carboxylic acids is 2. The van der Waals surface area contributed by atoms with Crippen molar-refractivity contribution in [2.75, 3.05) is 33.8 Å². The molecule has 18 heavy (non-hydrogen) atoms. The fourth-order valence-corrected chi connectivity index (χ4v) is 1.91. The van der Waals surface area contributed by atoms with Crippen LogP contribution in [0.15, 0.2) is 0 Å². The van der Waals surface area contributed by atoms with Gasteiger partial charge in [0.25, 0.3) is 0 Å². The van der Waals surface area contributed by atoms with Crippen molar-refractivity contribution in [1.82, 2.24) is 9.80 Å². The van der Waals surface area contributed by atoms with Crippen LogP contribution in [0.1, 0.15) is 33.6 Å². The number of piperidine rings is 1. The van der Waals surface area contributed by atoms with Gasteiger partial charge in [0.1, 0.15) is 0 Å². The highest BCUT2D eigenvalue weighted by Gasteiger charge is 2.28. The maximum atomic E-state index is 11.9. The standard InChI is InChI=1S/C11H20N2O3.C2H6/c1-4-12(2)10(14)9-5-7-13(8-6-9)11(15)16-3;1-2/h9H,4-8H2,1-3H3;1-2H3. The number of rotatable bonds is 2. The molecule has 2 amide bonds. The predicted octanol–water partition coefficient (Wildman–Crippen LogP) is 1.97. The Morgan fingerprint density at radius 1 is 1.28 bits per heavy atom. The molecule has 1 aliphatic rings. The highest BCUT2D eigenvalue weighted by molar-refractivity contribution is 5.79. The summed E-state index contributed by atoms with van der Waals surface area (Å²) in [7, 11) is 3.19. The quantitative estimate of drug-likeness (QED) is 0.761. The topological polar surface area (TPSA) is 49.9 Å². The summed E-state index contributed by atoms with van der Waals surface area (Å²) in [6, 6.07) is 0. The summed E-state index contributed by atoms with van der Waals surface area (Å²) in [5.74, 6) is 0.248. The molecule has 5 heteroatoms. The summed E-state index contributed by atoms with van der Waals surface area (Å²) < 4.78 is 4.65. The fourth-order valence-electron chi connectivity index (χ4n) is 1.91. The molecule has 0 unspecified atom stereocenters. The van der Waals surface area contributed by atoms with Gasteiger partial charge in [-0.05, 0) is 19.8 Å². The zero-order chi connectivity index (χ0) is 14.1. The summed E-state index contributed by atoms with van der Waals surface area (Å²) >= 11 is 0. The summed E-state index contributed by atoms with van der Waals surface area (Å²) in [4.78, 5) is 26.5. The Hall–Kier alpha value is -1.26. The first-order valence-electron chi connectivity index (χ1n) is 6.68. The summed E-state index contributed by atoms with van der Waals surface area (Å²) in [6.45, 7) is 7.92. The van der Waals surface area contributed by atoms with Gasteiger partial charge in [0.15, 0.2) is 0 Å². The molecular weight excluding hydrogens is 232 g/mol. The van der Waals surface area contributed by atoms with Crippen LogP contribution in [0.2, 0.25) is 0 Å². The molecule has 5 nitrogen and oxygen atoms in total. The Labute approximate surface area is 110 Å². The van der Waals surface area contributed by atoms with E-state index in [0.29, 0.717) is 13.1 Å². The van der Waals surface area contributed by atoms with Gasteiger partial charge < -0.3 is 14.5 Å². The van der Waals surface area contributed by atoms with Crippen molar-refractivity contribution >= 4 is 12.0 Å². The van der Waals surface area contributed by atoms with Gasteiger partial charge in [0.05, 0.1) is 7.11 Å². The summed E-state index contributed by atoms with van der Waals surface area (Å²) in [5.41, 5.74) is 0. The molecule has 0 N–H and O–H groups in total. The van der Waals surface area contributed by atoms with Crippen LogP contribution in [-0.2, 0) is 9.53 Å². The highest BCUT2D eigenvalue weighted by Crippen LogP contribution is 2.19. The number of carbonyl (C=O) groups is 2. The SMILES string of the molecule is CC.CCN(C)C(=O)C1CCN(C(=O)OC)CC1. The number of hydrogen-bond acceptors (Lipinski definition) is 3. The van der Waals surface area contributed by atoms with Crippen molar-refractivity contribution in [2.45, 2.75) is 33.6 Å².